The van der Waals surface area contributed by atoms with Gasteiger partial charge in [-0.15, -0.1) is 0 Å². The molecule has 0 bridgehead atoms. The monoisotopic (exact) mass is 514 g/mol. The lowest BCUT2D eigenvalue weighted by Gasteiger charge is -2.10. The highest BCUT2D eigenvalue weighted by Crippen LogP contribution is 2.36. The predicted molar refractivity (Wildman–Crippen MR) is 160 cm³/mol. The summed E-state index contributed by atoms with van der Waals surface area (Å²) in [6, 6.07) is 41.4. The van der Waals surface area contributed by atoms with Gasteiger partial charge >= 0.3 is 0 Å². The molecule has 0 aliphatic rings. The van der Waals surface area contributed by atoms with Gasteiger partial charge in [-0.2, -0.15) is 0 Å². The molecule has 40 heavy (non-hydrogen) atoms. The van der Waals surface area contributed by atoms with Crippen molar-refractivity contribution in [2.45, 2.75) is 0 Å². The van der Waals surface area contributed by atoms with Gasteiger partial charge in [0.15, 0.2) is 5.58 Å². The molecule has 0 aliphatic carbocycles. The fourth-order valence-corrected chi connectivity index (χ4v) is 5.46. The number of benzene rings is 4. The summed E-state index contributed by atoms with van der Waals surface area (Å²) in [5, 5.41) is 2.38. The molecule has 0 N–H and O–H groups in total. The molecule has 8 rings (SSSR count). The van der Waals surface area contributed by atoms with Crippen LogP contribution in [0.15, 0.2) is 138 Å². The van der Waals surface area contributed by atoms with Gasteiger partial charge in [-0.3, -0.25) is 9.97 Å². The van der Waals surface area contributed by atoms with E-state index in [4.69, 9.17) is 9.40 Å². The normalized spacial score (nSPS) is 11.5. The molecule has 0 saturated heterocycles. The molecule has 188 valence electrons. The van der Waals surface area contributed by atoms with Crippen LogP contribution in [-0.2, 0) is 0 Å². The zero-order valence-corrected chi connectivity index (χ0v) is 21.4. The third kappa shape index (κ3) is 3.68. The van der Waals surface area contributed by atoms with E-state index < -0.39 is 0 Å². The van der Waals surface area contributed by atoms with E-state index in [1.807, 2.05) is 60.8 Å². The lowest BCUT2D eigenvalue weighted by atomic mass is 10.1. The van der Waals surface area contributed by atoms with Crippen molar-refractivity contribution in [1.29, 1.82) is 0 Å². The Labute approximate surface area is 230 Å². The fraction of sp³-hybridized carbons (Fsp3) is 0. The molecule has 4 aromatic carbocycles. The van der Waals surface area contributed by atoms with Crippen LogP contribution >= 0.6 is 0 Å². The van der Waals surface area contributed by atoms with Crippen LogP contribution in [0.2, 0.25) is 0 Å². The highest BCUT2D eigenvalue weighted by atomic mass is 16.3. The van der Waals surface area contributed by atoms with Crippen molar-refractivity contribution in [1.82, 2.24) is 19.5 Å². The predicted octanol–water partition coefficient (Wildman–Crippen LogP) is 8.72. The smallest absolute Gasteiger partial charge is 0.227 e. The lowest BCUT2D eigenvalue weighted by molar-refractivity contribution is 0.620. The largest absolute Gasteiger partial charge is 0.436 e. The van der Waals surface area contributed by atoms with E-state index in [0.717, 1.165) is 55.9 Å². The molecule has 0 spiro atoms. The molecular weight excluding hydrogens is 492 g/mol. The number of rotatable bonds is 4. The van der Waals surface area contributed by atoms with Gasteiger partial charge in [0.1, 0.15) is 5.52 Å². The highest BCUT2D eigenvalue weighted by Gasteiger charge is 2.16. The molecule has 5 heteroatoms. The lowest BCUT2D eigenvalue weighted by Crippen LogP contribution is -1.95. The van der Waals surface area contributed by atoms with Gasteiger partial charge in [0.2, 0.25) is 5.89 Å². The maximum Gasteiger partial charge on any atom is 0.227 e. The van der Waals surface area contributed by atoms with Crippen molar-refractivity contribution in [3.63, 3.8) is 0 Å². The first-order valence-electron chi connectivity index (χ1n) is 13.2. The van der Waals surface area contributed by atoms with Crippen molar-refractivity contribution < 1.29 is 4.42 Å². The van der Waals surface area contributed by atoms with Gasteiger partial charge in [0.25, 0.3) is 0 Å². The summed E-state index contributed by atoms with van der Waals surface area (Å²) >= 11 is 0. The van der Waals surface area contributed by atoms with E-state index >= 15 is 0 Å². The Kier molecular flexibility index (Phi) is 5.07. The minimum absolute atomic E-state index is 0.592. The van der Waals surface area contributed by atoms with E-state index in [-0.39, 0.29) is 0 Å². The Bertz CT molecular complexity index is 2160. The van der Waals surface area contributed by atoms with Crippen LogP contribution in [0.1, 0.15) is 0 Å². The number of pyridine rings is 2. The van der Waals surface area contributed by atoms with Gasteiger partial charge in [0.05, 0.1) is 22.4 Å². The summed E-state index contributed by atoms with van der Waals surface area (Å²) in [7, 11) is 0. The molecular formula is C35H22N4O. The summed E-state index contributed by atoms with van der Waals surface area (Å²) in [6.07, 6.45) is 3.63. The minimum Gasteiger partial charge on any atom is -0.436 e. The summed E-state index contributed by atoms with van der Waals surface area (Å²) in [6.45, 7) is 0. The molecule has 0 aliphatic heterocycles. The topological polar surface area (TPSA) is 56.7 Å². The van der Waals surface area contributed by atoms with Crippen molar-refractivity contribution in [2.24, 2.45) is 0 Å². The van der Waals surface area contributed by atoms with E-state index in [2.05, 4.69) is 81.3 Å². The third-order valence-electron chi connectivity index (χ3n) is 7.33. The van der Waals surface area contributed by atoms with E-state index in [1.54, 1.807) is 6.20 Å². The van der Waals surface area contributed by atoms with Crippen LogP contribution in [0.4, 0.5) is 0 Å². The first-order chi connectivity index (χ1) is 19.8. The van der Waals surface area contributed by atoms with Crippen molar-refractivity contribution in [3.8, 4) is 39.7 Å². The summed E-state index contributed by atoms with van der Waals surface area (Å²) in [5.74, 6) is 0.592. The number of nitrogens with zero attached hydrogens (tertiary/aromatic N) is 4. The number of aromatic nitrogens is 4. The third-order valence-corrected chi connectivity index (χ3v) is 7.33. The molecule has 0 radical (unpaired) electrons. The molecule has 4 aromatic heterocycles. The van der Waals surface area contributed by atoms with Crippen LogP contribution < -0.4 is 0 Å². The molecule has 0 atom stereocenters. The maximum atomic E-state index is 6.24. The van der Waals surface area contributed by atoms with Crippen LogP contribution in [0.3, 0.4) is 0 Å². The molecule has 0 fully saturated rings. The van der Waals surface area contributed by atoms with Gasteiger partial charge in [-0.25, -0.2) is 4.98 Å². The highest BCUT2D eigenvalue weighted by molar-refractivity contribution is 6.10. The van der Waals surface area contributed by atoms with Crippen molar-refractivity contribution in [2.75, 3.05) is 0 Å². The van der Waals surface area contributed by atoms with E-state index in [9.17, 15) is 0 Å². The van der Waals surface area contributed by atoms with Crippen LogP contribution in [0.5, 0.6) is 0 Å². The zero-order chi connectivity index (χ0) is 26.5. The number of hydrogen-bond acceptors (Lipinski definition) is 4. The Morgan fingerprint density at radius 2 is 1.25 bits per heavy atom. The second-order valence-electron chi connectivity index (χ2n) is 9.77. The molecule has 0 amide bonds. The van der Waals surface area contributed by atoms with Gasteiger partial charge in [0, 0.05) is 45.5 Å². The Balaban J connectivity index is 1.29. The minimum atomic E-state index is 0.592. The standard InChI is InChI=1S/C35H22N4O/c1-2-13-32-27(10-1)28-16-14-25(35-38-31-21-24(15-17-34(31)40-35)30-12-4-6-19-37-30)22-33(28)39(32)26-9-7-8-23(20-26)29-11-3-5-18-36-29/h1-22H. The van der Waals surface area contributed by atoms with Crippen LogP contribution in [0, 0.1) is 0 Å². The molecule has 4 heterocycles. The van der Waals surface area contributed by atoms with E-state index in [1.165, 1.54) is 10.8 Å². The number of hydrogen-bond donors (Lipinski definition) is 0. The van der Waals surface area contributed by atoms with Gasteiger partial charge in [-0.05, 0) is 72.8 Å². The molecule has 5 nitrogen and oxygen atoms in total. The Morgan fingerprint density at radius 1 is 0.525 bits per heavy atom. The van der Waals surface area contributed by atoms with Gasteiger partial charge in [-0.1, -0.05) is 48.5 Å². The van der Waals surface area contributed by atoms with Crippen molar-refractivity contribution in [3.05, 3.63) is 134 Å². The number of para-hydroxylation sites is 1. The van der Waals surface area contributed by atoms with E-state index in [0.29, 0.717) is 5.89 Å². The fourth-order valence-electron chi connectivity index (χ4n) is 5.46. The first kappa shape index (κ1) is 22.4. The summed E-state index contributed by atoms with van der Waals surface area (Å²) in [5.41, 5.74) is 9.73. The Hall–Kier alpha value is -5.55. The second kappa shape index (κ2) is 9.03. The quantitative estimate of drug-likeness (QED) is 0.236. The molecule has 8 aromatic rings. The molecule has 0 unspecified atom stereocenters. The SMILES string of the molecule is c1ccc(-c2cccc(-n3c4ccccc4c4ccc(-c5nc6cc(-c7ccccn7)ccc6o5)cc43)c2)nc1. The molecule has 0 saturated carbocycles. The van der Waals surface area contributed by atoms with Crippen molar-refractivity contribution >= 4 is 32.9 Å². The average molecular weight is 515 g/mol. The number of fused-ring (bicyclic) bond motifs is 4. The second-order valence-corrected chi connectivity index (χ2v) is 9.77. The zero-order valence-electron chi connectivity index (χ0n) is 21.4. The van der Waals surface area contributed by atoms with Crippen LogP contribution in [0.25, 0.3) is 72.6 Å². The summed E-state index contributed by atoms with van der Waals surface area (Å²) < 4.78 is 8.55. The number of oxazole rings is 1. The average Bonchev–Trinajstić information content (AvgIpc) is 3.60. The summed E-state index contributed by atoms with van der Waals surface area (Å²) in [4.78, 5) is 13.9. The maximum absolute atomic E-state index is 6.24. The van der Waals surface area contributed by atoms with Gasteiger partial charge < -0.3 is 8.98 Å². The van der Waals surface area contributed by atoms with Crippen LogP contribution in [-0.4, -0.2) is 19.5 Å². The Morgan fingerprint density at radius 3 is 2.05 bits per heavy atom. The first-order valence-corrected chi connectivity index (χ1v) is 13.2.